The highest BCUT2D eigenvalue weighted by Gasteiger charge is 2.23. The average Bonchev–Trinajstić information content (AvgIpc) is 2.43. The van der Waals surface area contributed by atoms with Gasteiger partial charge in [0.1, 0.15) is 11.6 Å². The van der Waals surface area contributed by atoms with Gasteiger partial charge in [-0.15, -0.1) is 0 Å². The van der Waals surface area contributed by atoms with Crippen LogP contribution < -0.4 is 16.4 Å². The first-order chi connectivity index (χ1) is 10.3. The largest absolute Gasteiger partial charge is 0.444 e. The number of hydrogen-bond donors (Lipinski definition) is 3. The minimum atomic E-state index is -0.705. The monoisotopic (exact) mass is 307 g/mol. The molecule has 1 rings (SSSR count). The van der Waals surface area contributed by atoms with Crippen LogP contribution in [0.25, 0.3) is 0 Å². The van der Waals surface area contributed by atoms with Gasteiger partial charge in [0, 0.05) is 6.54 Å². The van der Waals surface area contributed by atoms with Crippen LogP contribution >= 0.6 is 0 Å². The van der Waals surface area contributed by atoms with Crippen LogP contribution in [0.3, 0.4) is 0 Å². The van der Waals surface area contributed by atoms with Gasteiger partial charge in [-0.05, 0) is 39.3 Å². The van der Waals surface area contributed by atoms with Crippen LogP contribution in [0.15, 0.2) is 30.3 Å². The summed E-state index contributed by atoms with van der Waals surface area (Å²) in [4.78, 5) is 23.9. The zero-order chi connectivity index (χ0) is 16.6. The standard InChI is InChI=1S/C16H25N3O3/c1-16(2,3)22-15(21)19-13(9-10-17)14(20)18-11-12-7-5-4-6-8-12/h4-8,13H,9-11,17H2,1-3H3,(H,18,20)(H,19,21)/t13-/m1/s1. The molecule has 122 valence electrons. The maximum Gasteiger partial charge on any atom is 0.408 e. The van der Waals surface area contributed by atoms with E-state index >= 15 is 0 Å². The minimum absolute atomic E-state index is 0.278. The Labute approximate surface area is 131 Å². The van der Waals surface area contributed by atoms with Crippen LogP contribution in [-0.4, -0.2) is 30.2 Å². The Morgan fingerprint density at radius 2 is 1.86 bits per heavy atom. The summed E-state index contributed by atoms with van der Waals surface area (Å²) in [6.07, 6.45) is -0.277. The van der Waals surface area contributed by atoms with Crippen LogP contribution in [-0.2, 0) is 16.1 Å². The smallest absolute Gasteiger partial charge is 0.408 e. The molecule has 0 saturated carbocycles. The van der Waals surface area contributed by atoms with E-state index in [0.717, 1.165) is 5.56 Å². The number of nitrogens with two attached hydrogens (primary N) is 1. The Morgan fingerprint density at radius 1 is 1.23 bits per heavy atom. The molecule has 0 bridgehead atoms. The van der Waals surface area contributed by atoms with Crippen molar-refractivity contribution >= 4 is 12.0 Å². The lowest BCUT2D eigenvalue weighted by atomic mass is 10.1. The summed E-state index contributed by atoms with van der Waals surface area (Å²) >= 11 is 0. The van der Waals surface area contributed by atoms with Crippen molar-refractivity contribution in [2.24, 2.45) is 5.73 Å². The SMILES string of the molecule is CC(C)(C)OC(=O)N[C@H](CCN)C(=O)NCc1ccccc1. The van der Waals surface area contributed by atoms with Gasteiger partial charge in [-0.2, -0.15) is 0 Å². The lowest BCUT2D eigenvalue weighted by Crippen LogP contribution is -2.48. The molecule has 0 unspecified atom stereocenters. The molecule has 0 aromatic heterocycles. The normalized spacial score (nSPS) is 12.4. The van der Waals surface area contributed by atoms with E-state index in [1.807, 2.05) is 30.3 Å². The van der Waals surface area contributed by atoms with Crippen molar-refractivity contribution in [1.29, 1.82) is 0 Å². The van der Waals surface area contributed by atoms with Gasteiger partial charge in [0.15, 0.2) is 0 Å². The zero-order valence-electron chi connectivity index (χ0n) is 13.4. The van der Waals surface area contributed by atoms with E-state index < -0.39 is 17.7 Å². The van der Waals surface area contributed by atoms with Gasteiger partial charge >= 0.3 is 6.09 Å². The van der Waals surface area contributed by atoms with Crippen LogP contribution in [0.1, 0.15) is 32.8 Å². The number of ether oxygens (including phenoxy) is 1. The Morgan fingerprint density at radius 3 is 2.41 bits per heavy atom. The Kier molecular flexibility index (Phi) is 6.85. The maximum atomic E-state index is 12.2. The van der Waals surface area contributed by atoms with E-state index in [4.69, 9.17) is 10.5 Å². The molecule has 0 spiro atoms. The van der Waals surface area contributed by atoms with E-state index in [9.17, 15) is 9.59 Å². The lowest BCUT2D eigenvalue weighted by Gasteiger charge is -2.23. The fourth-order valence-electron chi connectivity index (χ4n) is 1.79. The second-order valence-corrected chi connectivity index (χ2v) is 5.98. The topological polar surface area (TPSA) is 93.4 Å². The van der Waals surface area contributed by atoms with Gasteiger partial charge < -0.3 is 21.1 Å². The van der Waals surface area contributed by atoms with Crippen molar-refractivity contribution in [1.82, 2.24) is 10.6 Å². The number of nitrogens with one attached hydrogen (secondary N) is 2. The summed E-state index contributed by atoms with van der Waals surface area (Å²) in [6, 6.07) is 8.84. The van der Waals surface area contributed by atoms with Crippen LogP contribution in [0.5, 0.6) is 0 Å². The number of carbonyl (C=O) groups excluding carboxylic acids is 2. The first kappa shape index (κ1) is 18.0. The fourth-order valence-corrected chi connectivity index (χ4v) is 1.79. The number of alkyl carbamates (subject to hydrolysis) is 1. The molecule has 22 heavy (non-hydrogen) atoms. The molecule has 1 aromatic rings. The van der Waals surface area contributed by atoms with Gasteiger partial charge in [-0.3, -0.25) is 4.79 Å². The summed E-state index contributed by atoms with van der Waals surface area (Å²) in [5, 5.41) is 5.34. The molecule has 1 atom stereocenters. The molecule has 0 heterocycles. The zero-order valence-corrected chi connectivity index (χ0v) is 13.4. The molecule has 0 fully saturated rings. The molecule has 1 aromatic carbocycles. The van der Waals surface area contributed by atoms with E-state index in [1.165, 1.54) is 0 Å². The fraction of sp³-hybridized carbons (Fsp3) is 0.500. The Bertz CT molecular complexity index is 483. The van der Waals surface area contributed by atoms with Gasteiger partial charge in [-0.1, -0.05) is 30.3 Å². The summed E-state index contributed by atoms with van der Waals surface area (Å²) in [5.41, 5.74) is 5.88. The Hall–Kier alpha value is -2.08. The minimum Gasteiger partial charge on any atom is -0.444 e. The van der Waals surface area contributed by atoms with Crippen LogP contribution in [0.2, 0.25) is 0 Å². The third kappa shape index (κ3) is 7.08. The number of rotatable bonds is 6. The van der Waals surface area contributed by atoms with E-state index in [2.05, 4.69) is 10.6 Å². The predicted octanol–water partition coefficient (Wildman–Crippen LogP) is 1.54. The van der Waals surface area contributed by atoms with Crippen molar-refractivity contribution in [2.45, 2.75) is 45.4 Å². The molecule has 2 amide bonds. The summed E-state index contributed by atoms with van der Waals surface area (Å²) in [6.45, 7) is 5.98. The second-order valence-electron chi connectivity index (χ2n) is 5.98. The third-order valence-electron chi connectivity index (χ3n) is 2.77. The van der Waals surface area contributed by atoms with E-state index in [1.54, 1.807) is 20.8 Å². The first-order valence-corrected chi connectivity index (χ1v) is 7.33. The van der Waals surface area contributed by atoms with Crippen LogP contribution in [0.4, 0.5) is 4.79 Å². The molecule has 0 aliphatic heterocycles. The molecular formula is C16H25N3O3. The van der Waals surface area contributed by atoms with Crippen molar-refractivity contribution in [3.8, 4) is 0 Å². The molecule has 6 heteroatoms. The summed E-state index contributed by atoms with van der Waals surface area (Å²) in [5.74, 6) is -0.278. The molecule has 0 aliphatic carbocycles. The summed E-state index contributed by atoms with van der Waals surface area (Å²) in [7, 11) is 0. The van der Waals surface area contributed by atoms with Crippen molar-refractivity contribution in [3.63, 3.8) is 0 Å². The highest BCUT2D eigenvalue weighted by Crippen LogP contribution is 2.07. The molecule has 0 saturated heterocycles. The van der Waals surface area contributed by atoms with Gasteiger partial charge in [0.05, 0.1) is 0 Å². The van der Waals surface area contributed by atoms with Crippen LogP contribution in [0, 0.1) is 0 Å². The molecular weight excluding hydrogens is 282 g/mol. The van der Waals surface area contributed by atoms with Gasteiger partial charge in [0.2, 0.25) is 5.91 Å². The molecule has 4 N–H and O–H groups in total. The van der Waals surface area contributed by atoms with Gasteiger partial charge in [0.25, 0.3) is 0 Å². The maximum absolute atomic E-state index is 12.2. The van der Waals surface area contributed by atoms with Gasteiger partial charge in [-0.25, -0.2) is 4.79 Å². The van der Waals surface area contributed by atoms with Crippen molar-refractivity contribution in [3.05, 3.63) is 35.9 Å². The van der Waals surface area contributed by atoms with Crippen molar-refractivity contribution < 1.29 is 14.3 Å². The molecule has 0 radical (unpaired) electrons. The number of benzene rings is 1. The Balaban J connectivity index is 2.54. The first-order valence-electron chi connectivity index (χ1n) is 7.33. The predicted molar refractivity (Wildman–Crippen MR) is 85.1 cm³/mol. The summed E-state index contributed by atoms with van der Waals surface area (Å²) < 4.78 is 5.16. The quantitative estimate of drug-likeness (QED) is 0.743. The highest BCUT2D eigenvalue weighted by molar-refractivity contribution is 5.85. The highest BCUT2D eigenvalue weighted by atomic mass is 16.6. The number of amides is 2. The average molecular weight is 307 g/mol. The second kappa shape index (κ2) is 8.38. The van der Waals surface area contributed by atoms with Crippen molar-refractivity contribution in [2.75, 3.05) is 6.54 Å². The van der Waals surface area contributed by atoms with E-state index in [0.29, 0.717) is 19.5 Å². The number of carbonyl (C=O) groups is 2. The van der Waals surface area contributed by atoms with E-state index in [-0.39, 0.29) is 5.91 Å². The lowest BCUT2D eigenvalue weighted by molar-refractivity contribution is -0.123. The third-order valence-corrected chi connectivity index (χ3v) is 2.77. The molecule has 6 nitrogen and oxygen atoms in total. The number of hydrogen-bond acceptors (Lipinski definition) is 4. The molecule has 0 aliphatic rings.